The molecule has 1 amide bonds. The minimum atomic E-state index is -0.689. The van der Waals surface area contributed by atoms with Crippen LogP contribution in [0.1, 0.15) is 31.1 Å². The van der Waals surface area contributed by atoms with Gasteiger partial charge in [-0.25, -0.2) is 0 Å². The van der Waals surface area contributed by atoms with Gasteiger partial charge < -0.3 is 10.4 Å². The number of halogens is 2. The zero-order valence-electron chi connectivity index (χ0n) is 9.92. The van der Waals surface area contributed by atoms with E-state index in [4.69, 9.17) is 11.6 Å². The van der Waals surface area contributed by atoms with Crippen molar-refractivity contribution in [2.24, 2.45) is 0 Å². The van der Waals surface area contributed by atoms with Crippen LogP contribution in [0.25, 0.3) is 0 Å². The number of hydrogen-bond acceptors (Lipinski definition) is 2. The second kappa shape index (κ2) is 5.38. The highest BCUT2D eigenvalue weighted by atomic mass is 79.9. The minimum Gasteiger partial charge on any atom is -0.391 e. The Bertz CT molecular complexity index is 412. The van der Waals surface area contributed by atoms with E-state index in [0.717, 1.165) is 4.47 Å². The highest BCUT2D eigenvalue weighted by Gasteiger charge is 2.26. The average Bonchev–Trinajstić information content (AvgIpc) is 2.15. The van der Waals surface area contributed by atoms with Crippen molar-refractivity contribution in [3.63, 3.8) is 0 Å². The number of benzene rings is 1. The quantitative estimate of drug-likeness (QED) is 0.899. The summed E-state index contributed by atoms with van der Waals surface area (Å²) < 4.78 is 0.741. The molecule has 17 heavy (non-hydrogen) atoms. The van der Waals surface area contributed by atoms with Gasteiger partial charge in [0.05, 0.1) is 11.6 Å². The van der Waals surface area contributed by atoms with Gasteiger partial charge in [-0.1, -0.05) is 27.5 Å². The number of aliphatic hydroxyl groups is 1. The fourth-order valence-corrected chi connectivity index (χ4v) is 2.01. The van der Waals surface area contributed by atoms with Crippen LogP contribution < -0.4 is 5.32 Å². The lowest BCUT2D eigenvalue weighted by molar-refractivity contribution is 0.0709. The van der Waals surface area contributed by atoms with Gasteiger partial charge in [-0.2, -0.15) is 0 Å². The number of amides is 1. The molecule has 0 aromatic heterocycles. The van der Waals surface area contributed by atoms with Crippen molar-refractivity contribution in [3.8, 4) is 0 Å². The van der Waals surface area contributed by atoms with Gasteiger partial charge in [-0.15, -0.1) is 0 Å². The molecule has 1 unspecified atom stereocenters. The molecule has 3 nitrogen and oxygen atoms in total. The lowest BCUT2D eigenvalue weighted by Crippen LogP contribution is -2.50. The van der Waals surface area contributed by atoms with E-state index in [1.807, 2.05) is 0 Å². The van der Waals surface area contributed by atoms with E-state index in [0.29, 0.717) is 10.6 Å². The number of nitrogens with one attached hydrogen (secondary N) is 1. The first-order chi connectivity index (χ1) is 7.72. The van der Waals surface area contributed by atoms with Gasteiger partial charge in [0.2, 0.25) is 0 Å². The van der Waals surface area contributed by atoms with Gasteiger partial charge >= 0.3 is 0 Å². The van der Waals surface area contributed by atoms with Crippen molar-refractivity contribution in [3.05, 3.63) is 33.3 Å². The molecule has 2 N–H and O–H groups in total. The molecule has 0 aliphatic carbocycles. The van der Waals surface area contributed by atoms with Crippen molar-refractivity contribution in [1.82, 2.24) is 5.32 Å². The van der Waals surface area contributed by atoms with E-state index in [-0.39, 0.29) is 5.91 Å². The predicted octanol–water partition coefficient (Wildman–Crippen LogP) is 2.99. The number of aliphatic hydroxyl groups excluding tert-OH is 1. The van der Waals surface area contributed by atoms with Crippen LogP contribution in [0.3, 0.4) is 0 Å². The SMILES string of the molecule is CC(O)C(C)(C)NC(=O)c1cc(Cl)cc(Br)c1. The Kier molecular flexibility index (Phi) is 4.58. The van der Waals surface area contributed by atoms with Crippen molar-refractivity contribution < 1.29 is 9.90 Å². The Morgan fingerprint density at radius 2 is 2.06 bits per heavy atom. The van der Waals surface area contributed by atoms with Crippen LogP contribution in [0.2, 0.25) is 5.02 Å². The van der Waals surface area contributed by atoms with E-state index in [1.54, 1.807) is 39.0 Å². The monoisotopic (exact) mass is 319 g/mol. The minimum absolute atomic E-state index is 0.265. The Labute approximate surface area is 114 Å². The van der Waals surface area contributed by atoms with Gasteiger partial charge in [-0.05, 0) is 39.0 Å². The normalized spacial score (nSPS) is 13.3. The average molecular weight is 321 g/mol. The first kappa shape index (κ1) is 14.5. The molecule has 0 saturated carbocycles. The van der Waals surface area contributed by atoms with E-state index in [2.05, 4.69) is 21.2 Å². The summed E-state index contributed by atoms with van der Waals surface area (Å²) >= 11 is 9.14. The van der Waals surface area contributed by atoms with Crippen molar-refractivity contribution in [2.45, 2.75) is 32.4 Å². The highest BCUT2D eigenvalue weighted by Crippen LogP contribution is 2.20. The molecule has 0 aliphatic heterocycles. The molecule has 1 aromatic carbocycles. The van der Waals surface area contributed by atoms with Gasteiger partial charge in [0.15, 0.2) is 0 Å². The van der Waals surface area contributed by atoms with Crippen LogP contribution in [0.15, 0.2) is 22.7 Å². The Hall–Kier alpha value is -0.580. The lowest BCUT2D eigenvalue weighted by Gasteiger charge is -2.29. The molecule has 1 aromatic rings. The highest BCUT2D eigenvalue weighted by molar-refractivity contribution is 9.10. The molecule has 0 bridgehead atoms. The zero-order chi connectivity index (χ0) is 13.2. The van der Waals surface area contributed by atoms with Crippen LogP contribution in [-0.4, -0.2) is 22.7 Å². The summed E-state index contributed by atoms with van der Waals surface area (Å²) in [5.74, 6) is -0.265. The summed E-state index contributed by atoms with van der Waals surface area (Å²) in [7, 11) is 0. The fourth-order valence-electron chi connectivity index (χ4n) is 1.15. The second-order valence-corrected chi connectivity index (χ2v) is 5.86. The van der Waals surface area contributed by atoms with Crippen molar-refractivity contribution in [2.75, 3.05) is 0 Å². The number of hydrogen-bond donors (Lipinski definition) is 2. The molecule has 0 radical (unpaired) electrons. The smallest absolute Gasteiger partial charge is 0.251 e. The Morgan fingerprint density at radius 3 is 2.53 bits per heavy atom. The maximum atomic E-state index is 12.0. The van der Waals surface area contributed by atoms with Crippen LogP contribution in [0.5, 0.6) is 0 Å². The van der Waals surface area contributed by atoms with E-state index < -0.39 is 11.6 Å². The summed E-state index contributed by atoms with van der Waals surface area (Å²) in [5.41, 5.74) is -0.232. The summed E-state index contributed by atoms with van der Waals surface area (Å²) in [5, 5.41) is 12.8. The fraction of sp³-hybridized carbons (Fsp3) is 0.417. The molecule has 0 heterocycles. The van der Waals surface area contributed by atoms with E-state index in [9.17, 15) is 9.90 Å². The van der Waals surface area contributed by atoms with Crippen LogP contribution >= 0.6 is 27.5 Å². The zero-order valence-corrected chi connectivity index (χ0v) is 12.3. The Balaban J connectivity index is 2.91. The molecule has 0 fully saturated rings. The third-order valence-electron chi connectivity index (χ3n) is 2.60. The number of carbonyl (C=O) groups is 1. The van der Waals surface area contributed by atoms with Gasteiger partial charge in [0.1, 0.15) is 0 Å². The topological polar surface area (TPSA) is 49.3 Å². The molecule has 0 aliphatic rings. The van der Waals surface area contributed by atoms with Gasteiger partial charge in [0, 0.05) is 15.1 Å². The standard InChI is InChI=1S/C12H15BrClNO2/c1-7(16)12(2,3)15-11(17)8-4-9(13)6-10(14)5-8/h4-7,16H,1-3H3,(H,15,17). The van der Waals surface area contributed by atoms with Gasteiger partial charge in [0.25, 0.3) is 5.91 Å². The first-order valence-corrected chi connectivity index (χ1v) is 6.36. The molecule has 5 heteroatoms. The van der Waals surface area contributed by atoms with Crippen LogP contribution in [-0.2, 0) is 0 Å². The maximum Gasteiger partial charge on any atom is 0.251 e. The van der Waals surface area contributed by atoms with Gasteiger partial charge in [-0.3, -0.25) is 4.79 Å². The molecule has 94 valence electrons. The van der Waals surface area contributed by atoms with Crippen LogP contribution in [0.4, 0.5) is 0 Å². The van der Waals surface area contributed by atoms with Crippen LogP contribution in [0, 0.1) is 0 Å². The number of rotatable bonds is 3. The summed E-state index contributed by atoms with van der Waals surface area (Å²) in [6.45, 7) is 5.15. The first-order valence-electron chi connectivity index (χ1n) is 5.19. The summed E-state index contributed by atoms with van der Waals surface area (Å²) in [6, 6.07) is 4.97. The van der Waals surface area contributed by atoms with E-state index >= 15 is 0 Å². The lowest BCUT2D eigenvalue weighted by atomic mass is 9.98. The van der Waals surface area contributed by atoms with E-state index in [1.165, 1.54) is 0 Å². The second-order valence-electron chi connectivity index (χ2n) is 4.51. The van der Waals surface area contributed by atoms with Crippen molar-refractivity contribution >= 4 is 33.4 Å². The third kappa shape index (κ3) is 3.98. The van der Waals surface area contributed by atoms with Crippen molar-refractivity contribution in [1.29, 1.82) is 0 Å². The molecular weight excluding hydrogens is 305 g/mol. The summed E-state index contributed by atoms with van der Waals surface area (Å²) in [6.07, 6.45) is -0.644. The Morgan fingerprint density at radius 1 is 1.47 bits per heavy atom. The number of carbonyl (C=O) groups excluding carboxylic acids is 1. The maximum absolute atomic E-state index is 12.0. The largest absolute Gasteiger partial charge is 0.391 e. The molecule has 1 rings (SSSR count). The summed E-state index contributed by atoms with van der Waals surface area (Å²) in [4.78, 5) is 12.0. The molecular formula is C12H15BrClNO2. The molecule has 0 saturated heterocycles. The third-order valence-corrected chi connectivity index (χ3v) is 3.28. The predicted molar refractivity (Wildman–Crippen MR) is 72.4 cm³/mol. The molecule has 0 spiro atoms. The molecule has 1 atom stereocenters.